The van der Waals surface area contributed by atoms with Gasteiger partial charge in [-0.1, -0.05) is 59.6 Å². The minimum absolute atomic E-state index is 0.168. The summed E-state index contributed by atoms with van der Waals surface area (Å²) in [6.07, 6.45) is 3.24. The fourth-order valence-electron chi connectivity index (χ4n) is 2.50. The predicted molar refractivity (Wildman–Crippen MR) is 126 cm³/mol. The van der Waals surface area contributed by atoms with Crippen molar-refractivity contribution in [1.82, 2.24) is 0 Å². The molecule has 3 rings (SSSR count). The highest BCUT2D eigenvalue weighted by atomic mass is 35.5. The highest BCUT2D eigenvalue weighted by Crippen LogP contribution is 2.26. The smallest absolute Gasteiger partial charge is 0.248 e. The number of hydrogen-bond acceptors (Lipinski definition) is 3. The van der Waals surface area contributed by atoms with Crippen molar-refractivity contribution in [2.75, 3.05) is 16.4 Å². The molecule has 0 bridgehead atoms. The lowest BCUT2D eigenvalue weighted by molar-refractivity contribution is -0.114. The van der Waals surface area contributed by atoms with E-state index in [-0.39, 0.29) is 17.6 Å². The molecular formula is C23H18Cl2N2O2S. The van der Waals surface area contributed by atoms with Crippen LogP contribution >= 0.6 is 35.0 Å². The average molecular weight is 457 g/mol. The monoisotopic (exact) mass is 456 g/mol. The first kappa shape index (κ1) is 22.0. The lowest BCUT2D eigenvalue weighted by Gasteiger charge is -2.08. The van der Waals surface area contributed by atoms with Crippen molar-refractivity contribution in [3.05, 3.63) is 94.5 Å². The van der Waals surface area contributed by atoms with Crippen molar-refractivity contribution < 1.29 is 9.59 Å². The SMILES string of the molecule is O=C(/C=C/c1ccccc1)Nc1cccc(SCC(=O)Nc2ccc(Cl)c(Cl)c2)c1. The number of carbonyl (C=O) groups is 2. The zero-order valence-electron chi connectivity index (χ0n) is 15.8. The standard InChI is InChI=1S/C23H18Cl2N2O2S/c24-20-11-10-18(14-21(20)25)27-23(29)15-30-19-8-4-7-17(13-19)26-22(28)12-9-16-5-2-1-3-6-16/h1-14H,15H2,(H,26,28)(H,27,29)/b12-9+. The fourth-order valence-corrected chi connectivity index (χ4v) is 3.56. The van der Waals surface area contributed by atoms with Gasteiger partial charge in [-0.05, 0) is 48.0 Å². The van der Waals surface area contributed by atoms with E-state index in [0.29, 0.717) is 21.4 Å². The van der Waals surface area contributed by atoms with E-state index < -0.39 is 0 Å². The third-order valence-corrected chi connectivity index (χ3v) is 5.63. The molecule has 0 unspecified atom stereocenters. The van der Waals surface area contributed by atoms with E-state index in [0.717, 1.165) is 10.5 Å². The van der Waals surface area contributed by atoms with Crippen LogP contribution in [0.5, 0.6) is 0 Å². The number of anilines is 2. The minimum Gasteiger partial charge on any atom is -0.325 e. The first-order valence-electron chi connectivity index (χ1n) is 9.01. The highest BCUT2D eigenvalue weighted by molar-refractivity contribution is 8.00. The number of nitrogens with one attached hydrogen (secondary N) is 2. The van der Waals surface area contributed by atoms with Gasteiger partial charge < -0.3 is 10.6 Å². The van der Waals surface area contributed by atoms with Crippen LogP contribution in [0.4, 0.5) is 11.4 Å². The van der Waals surface area contributed by atoms with Crippen molar-refractivity contribution in [3.63, 3.8) is 0 Å². The summed E-state index contributed by atoms with van der Waals surface area (Å²) < 4.78 is 0. The van der Waals surface area contributed by atoms with E-state index in [9.17, 15) is 9.59 Å². The summed E-state index contributed by atoms with van der Waals surface area (Å²) in [4.78, 5) is 25.2. The van der Waals surface area contributed by atoms with E-state index in [1.54, 1.807) is 30.3 Å². The van der Waals surface area contributed by atoms with Gasteiger partial charge in [0.05, 0.1) is 15.8 Å². The molecule has 4 nitrogen and oxygen atoms in total. The van der Waals surface area contributed by atoms with Crippen molar-refractivity contribution in [2.45, 2.75) is 4.90 Å². The van der Waals surface area contributed by atoms with Gasteiger partial charge in [0.2, 0.25) is 11.8 Å². The summed E-state index contributed by atoms with van der Waals surface area (Å²) in [5, 5.41) is 6.42. The molecule has 0 saturated heterocycles. The molecule has 0 atom stereocenters. The summed E-state index contributed by atoms with van der Waals surface area (Å²) in [7, 11) is 0. The lowest BCUT2D eigenvalue weighted by atomic mass is 10.2. The zero-order chi connectivity index (χ0) is 21.3. The molecule has 0 aliphatic carbocycles. The number of halogens is 2. The van der Waals surface area contributed by atoms with Crippen LogP contribution in [0.1, 0.15) is 5.56 Å². The topological polar surface area (TPSA) is 58.2 Å². The minimum atomic E-state index is -0.224. The predicted octanol–water partition coefficient (Wildman–Crippen LogP) is 6.38. The lowest BCUT2D eigenvalue weighted by Crippen LogP contribution is -2.14. The normalized spacial score (nSPS) is 10.7. The molecule has 7 heteroatoms. The van der Waals surface area contributed by atoms with E-state index in [1.165, 1.54) is 17.8 Å². The Morgan fingerprint density at radius 2 is 1.60 bits per heavy atom. The first-order chi connectivity index (χ1) is 14.5. The molecule has 0 aliphatic rings. The maximum absolute atomic E-state index is 12.2. The van der Waals surface area contributed by atoms with Gasteiger partial charge in [0, 0.05) is 22.3 Å². The molecule has 3 aromatic carbocycles. The number of amides is 2. The Labute approximate surface area is 189 Å². The van der Waals surface area contributed by atoms with Crippen molar-refractivity contribution in [2.24, 2.45) is 0 Å². The third-order valence-electron chi connectivity index (χ3n) is 3.90. The van der Waals surface area contributed by atoms with Gasteiger partial charge in [0.1, 0.15) is 0 Å². The quantitative estimate of drug-likeness (QED) is 0.320. The molecule has 2 amide bonds. The van der Waals surface area contributed by atoms with E-state index >= 15 is 0 Å². The van der Waals surface area contributed by atoms with Crippen LogP contribution in [0.25, 0.3) is 6.08 Å². The van der Waals surface area contributed by atoms with Crippen molar-refractivity contribution in [3.8, 4) is 0 Å². The Bertz CT molecular complexity index is 1070. The van der Waals surface area contributed by atoms with Gasteiger partial charge in [-0.15, -0.1) is 11.8 Å². The first-order valence-corrected chi connectivity index (χ1v) is 10.8. The molecular weight excluding hydrogens is 439 g/mol. The van der Waals surface area contributed by atoms with Crippen LogP contribution in [0.2, 0.25) is 10.0 Å². The van der Waals surface area contributed by atoms with Crippen LogP contribution in [-0.4, -0.2) is 17.6 Å². The van der Waals surface area contributed by atoms with E-state index in [2.05, 4.69) is 10.6 Å². The second kappa shape index (κ2) is 10.9. The summed E-state index contributed by atoms with van der Waals surface area (Å²) >= 11 is 13.2. The largest absolute Gasteiger partial charge is 0.325 e. The Morgan fingerprint density at radius 3 is 2.37 bits per heavy atom. The molecule has 0 aromatic heterocycles. The number of hydrogen-bond donors (Lipinski definition) is 2. The van der Waals surface area contributed by atoms with Crippen LogP contribution in [0, 0.1) is 0 Å². The molecule has 0 heterocycles. The van der Waals surface area contributed by atoms with Crippen molar-refractivity contribution >= 4 is 64.2 Å². The van der Waals surface area contributed by atoms with Gasteiger partial charge in [-0.3, -0.25) is 9.59 Å². The van der Waals surface area contributed by atoms with Gasteiger partial charge >= 0.3 is 0 Å². The highest BCUT2D eigenvalue weighted by Gasteiger charge is 2.07. The molecule has 30 heavy (non-hydrogen) atoms. The molecule has 0 aliphatic heterocycles. The van der Waals surface area contributed by atoms with Crippen LogP contribution in [0.3, 0.4) is 0 Å². The van der Waals surface area contributed by atoms with Gasteiger partial charge in [0.25, 0.3) is 0 Å². The summed E-state index contributed by atoms with van der Waals surface area (Å²) in [6, 6.07) is 21.8. The second-order valence-corrected chi connectivity index (χ2v) is 8.09. The fraction of sp³-hybridized carbons (Fsp3) is 0.0435. The maximum atomic E-state index is 12.2. The van der Waals surface area contributed by atoms with Gasteiger partial charge in [0.15, 0.2) is 0 Å². The summed E-state index contributed by atoms with van der Waals surface area (Å²) in [6.45, 7) is 0. The van der Waals surface area contributed by atoms with Crippen molar-refractivity contribution in [1.29, 1.82) is 0 Å². The number of carbonyl (C=O) groups excluding carboxylic acids is 2. The summed E-state index contributed by atoms with van der Waals surface area (Å²) in [5.74, 6) is -0.178. The Hall–Kier alpha value is -2.73. The van der Waals surface area contributed by atoms with Gasteiger partial charge in [-0.2, -0.15) is 0 Å². The summed E-state index contributed by atoms with van der Waals surface area (Å²) in [5.41, 5.74) is 2.19. The third kappa shape index (κ3) is 6.95. The average Bonchev–Trinajstić information content (AvgIpc) is 2.74. The molecule has 0 spiro atoms. The maximum Gasteiger partial charge on any atom is 0.248 e. The molecule has 3 aromatic rings. The second-order valence-electron chi connectivity index (χ2n) is 6.23. The molecule has 2 N–H and O–H groups in total. The molecule has 152 valence electrons. The zero-order valence-corrected chi connectivity index (χ0v) is 18.1. The van der Waals surface area contributed by atoms with Crippen LogP contribution in [-0.2, 0) is 9.59 Å². The molecule has 0 saturated carbocycles. The van der Waals surface area contributed by atoms with E-state index in [1.807, 2.05) is 48.5 Å². The van der Waals surface area contributed by atoms with Crippen LogP contribution in [0.15, 0.2) is 83.8 Å². The Kier molecular flexibility index (Phi) is 7.97. The Balaban J connectivity index is 1.52. The number of thioether (sulfide) groups is 1. The van der Waals surface area contributed by atoms with Gasteiger partial charge in [-0.25, -0.2) is 0 Å². The number of rotatable bonds is 7. The Morgan fingerprint density at radius 1 is 0.833 bits per heavy atom. The molecule has 0 fully saturated rings. The number of benzene rings is 3. The van der Waals surface area contributed by atoms with Crippen LogP contribution < -0.4 is 10.6 Å². The molecule has 0 radical (unpaired) electrons. The van der Waals surface area contributed by atoms with E-state index in [4.69, 9.17) is 23.2 Å².